The fourth-order valence-corrected chi connectivity index (χ4v) is 2.73. The van der Waals surface area contributed by atoms with Crippen LogP contribution in [0.4, 0.5) is 0 Å². The summed E-state index contributed by atoms with van der Waals surface area (Å²) in [6.07, 6.45) is 8.97. The number of rotatable bonds is 6. The normalized spacial score (nSPS) is 23.7. The van der Waals surface area contributed by atoms with E-state index in [1.54, 1.807) is 6.33 Å². The maximum atomic E-state index is 4.35. The van der Waals surface area contributed by atoms with Crippen molar-refractivity contribution in [1.29, 1.82) is 0 Å². The minimum absolute atomic E-state index is 0.686. The molecule has 1 atom stereocenters. The van der Waals surface area contributed by atoms with Crippen LogP contribution >= 0.6 is 0 Å². The summed E-state index contributed by atoms with van der Waals surface area (Å²) >= 11 is 0. The highest BCUT2D eigenvalue weighted by atomic mass is 15.2. The van der Waals surface area contributed by atoms with Crippen LogP contribution in [0.15, 0.2) is 18.6 Å². The highest BCUT2D eigenvalue weighted by Gasteiger charge is 2.26. The largest absolute Gasteiger partial charge is 0.313 e. The van der Waals surface area contributed by atoms with Crippen LogP contribution in [0.5, 0.6) is 0 Å². The first-order valence-corrected chi connectivity index (χ1v) is 7.11. The van der Waals surface area contributed by atoms with Gasteiger partial charge in [0.15, 0.2) is 0 Å². The molecule has 0 bridgehead atoms. The lowest BCUT2D eigenvalue weighted by Crippen LogP contribution is -2.38. The van der Waals surface area contributed by atoms with Crippen LogP contribution in [0.1, 0.15) is 31.4 Å². The predicted octanol–water partition coefficient (Wildman–Crippen LogP) is 1.44. The zero-order chi connectivity index (χ0) is 12.2. The maximum absolute atomic E-state index is 4.35. The van der Waals surface area contributed by atoms with Crippen LogP contribution in [-0.4, -0.2) is 40.5 Å². The smallest absolute Gasteiger partial charge is 0.115 e. The van der Waals surface area contributed by atoms with Gasteiger partial charge in [-0.3, -0.25) is 4.90 Å². The zero-order valence-corrected chi connectivity index (χ0v) is 10.9. The number of aromatic nitrogens is 2. The van der Waals surface area contributed by atoms with E-state index in [1.807, 2.05) is 12.3 Å². The van der Waals surface area contributed by atoms with E-state index < -0.39 is 0 Å². The summed E-state index contributed by atoms with van der Waals surface area (Å²) in [7, 11) is 0. The maximum Gasteiger partial charge on any atom is 0.115 e. The molecular formula is C14H22N4. The molecule has 4 heteroatoms. The molecule has 0 radical (unpaired) electrons. The Bertz CT molecular complexity index is 357. The summed E-state index contributed by atoms with van der Waals surface area (Å²) in [5.41, 5.74) is 1.14. The number of nitrogens with zero attached hydrogens (tertiary/aromatic N) is 3. The van der Waals surface area contributed by atoms with Crippen LogP contribution in [0, 0.1) is 5.92 Å². The molecule has 1 saturated heterocycles. The molecule has 1 aliphatic carbocycles. The van der Waals surface area contributed by atoms with Gasteiger partial charge in [-0.1, -0.05) is 0 Å². The van der Waals surface area contributed by atoms with Crippen LogP contribution in [-0.2, 0) is 6.54 Å². The first kappa shape index (κ1) is 12.1. The van der Waals surface area contributed by atoms with Gasteiger partial charge >= 0.3 is 0 Å². The Kier molecular flexibility index (Phi) is 3.86. The Balaban J connectivity index is 1.57. The van der Waals surface area contributed by atoms with Gasteiger partial charge in [-0.2, -0.15) is 0 Å². The van der Waals surface area contributed by atoms with Crippen molar-refractivity contribution in [3.05, 3.63) is 24.3 Å². The second kappa shape index (κ2) is 5.76. The third kappa shape index (κ3) is 3.50. The first-order valence-electron chi connectivity index (χ1n) is 7.11. The minimum Gasteiger partial charge on any atom is -0.313 e. The van der Waals surface area contributed by atoms with Crippen molar-refractivity contribution in [2.75, 3.05) is 19.6 Å². The van der Waals surface area contributed by atoms with E-state index in [4.69, 9.17) is 0 Å². The van der Waals surface area contributed by atoms with Gasteiger partial charge in [-0.15, -0.1) is 0 Å². The quantitative estimate of drug-likeness (QED) is 0.824. The molecule has 1 aliphatic heterocycles. The minimum atomic E-state index is 0.686. The van der Waals surface area contributed by atoms with Gasteiger partial charge in [0, 0.05) is 31.9 Å². The lowest BCUT2D eigenvalue weighted by atomic mass is 10.2. The van der Waals surface area contributed by atoms with Crippen molar-refractivity contribution < 1.29 is 0 Å². The molecule has 3 rings (SSSR count). The first-order chi connectivity index (χ1) is 8.90. The lowest BCUT2D eigenvalue weighted by molar-refractivity contribution is 0.229. The average Bonchev–Trinajstić information content (AvgIpc) is 3.05. The Morgan fingerprint density at radius 3 is 2.89 bits per heavy atom. The lowest BCUT2D eigenvalue weighted by Gasteiger charge is -2.25. The van der Waals surface area contributed by atoms with Crippen LogP contribution in [0.3, 0.4) is 0 Å². The van der Waals surface area contributed by atoms with Gasteiger partial charge in [0.25, 0.3) is 0 Å². The Morgan fingerprint density at radius 1 is 1.28 bits per heavy atom. The molecule has 1 aromatic heterocycles. The second-order valence-corrected chi connectivity index (χ2v) is 5.63. The van der Waals surface area contributed by atoms with E-state index in [0.717, 1.165) is 18.2 Å². The molecule has 1 unspecified atom stereocenters. The van der Waals surface area contributed by atoms with E-state index in [-0.39, 0.29) is 0 Å². The van der Waals surface area contributed by atoms with Crippen LogP contribution < -0.4 is 5.32 Å². The molecule has 4 nitrogen and oxygen atoms in total. The van der Waals surface area contributed by atoms with Gasteiger partial charge in [-0.05, 0) is 44.2 Å². The van der Waals surface area contributed by atoms with Crippen molar-refractivity contribution >= 4 is 0 Å². The van der Waals surface area contributed by atoms with Crippen LogP contribution in [0.2, 0.25) is 0 Å². The van der Waals surface area contributed by atoms with Gasteiger partial charge < -0.3 is 5.32 Å². The van der Waals surface area contributed by atoms with Gasteiger partial charge in [0.05, 0.1) is 5.69 Å². The Morgan fingerprint density at radius 2 is 2.22 bits per heavy atom. The zero-order valence-electron chi connectivity index (χ0n) is 10.9. The molecular weight excluding hydrogens is 224 g/mol. The SMILES string of the molecule is c1cc(CN(CC2CC2)CC2CCCN2)ncn1. The monoisotopic (exact) mass is 246 g/mol. The van der Waals surface area contributed by atoms with E-state index in [1.165, 1.54) is 45.3 Å². The van der Waals surface area contributed by atoms with Gasteiger partial charge in [0.1, 0.15) is 6.33 Å². The van der Waals surface area contributed by atoms with Crippen molar-refractivity contribution in [3.63, 3.8) is 0 Å². The van der Waals surface area contributed by atoms with Crippen molar-refractivity contribution in [1.82, 2.24) is 20.2 Å². The summed E-state index contributed by atoms with van der Waals surface area (Å²) in [6, 6.07) is 2.72. The Labute approximate surface area is 109 Å². The molecule has 0 aromatic carbocycles. The molecule has 2 fully saturated rings. The van der Waals surface area contributed by atoms with Gasteiger partial charge in [-0.25, -0.2) is 9.97 Å². The van der Waals surface area contributed by atoms with Crippen molar-refractivity contribution in [2.45, 2.75) is 38.3 Å². The predicted molar refractivity (Wildman–Crippen MR) is 71.1 cm³/mol. The van der Waals surface area contributed by atoms with Gasteiger partial charge in [0.2, 0.25) is 0 Å². The molecule has 1 aromatic rings. The summed E-state index contributed by atoms with van der Waals surface area (Å²) in [4.78, 5) is 10.9. The topological polar surface area (TPSA) is 41.0 Å². The van der Waals surface area contributed by atoms with E-state index in [0.29, 0.717) is 6.04 Å². The van der Waals surface area contributed by atoms with Crippen LogP contribution in [0.25, 0.3) is 0 Å². The number of nitrogens with one attached hydrogen (secondary N) is 1. The average molecular weight is 246 g/mol. The molecule has 98 valence electrons. The van der Waals surface area contributed by atoms with E-state index in [9.17, 15) is 0 Å². The molecule has 2 heterocycles. The number of hydrogen-bond acceptors (Lipinski definition) is 4. The molecule has 2 aliphatic rings. The van der Waals surface area contributed by atoms with E-state index in [2.05, 4.69) is 20.2 Å². The summed E-state index contributed by atoms with van der Waals surface area (Å²) in [6.45, 7) is 4.56. The fourth-order valence-electron chi connectivity index (χ4n) is 2.73. The molecule has 0 spiro atoms. The van der Waals surface area contributed by atoms with Crippen molar-refractivity contribution in [2.24, 2.45) is 5.92 Å². The van der Waals surface area contributed by atoms with E-state index >= 15 is 0 Å². The number of hydrogen-bond donors (Lipinski definition) is 1. The molecule has 1 N–H and O–H groups in total. The standard InChI is InChI=1S/C14H22N4/c1-2-13(16-6-1)9-18(8-12-3-4-12)10-14-5-7-15-11-17-14/h5,7,11-13,16H,1-4,6,8-10H2. The second-order valence-electron chi connectivity index (χ2n) is 5.63. The summed E-state index contributed by atoms with van der Waals surface area (Å²) < 4.78 is 0. The van der Waals surface area contributed by atoms with Crippen molar-refractivity contribution in [3.8, 4) is 0 Å². The molecule has 18 heavy (non-hydrogen) atoms. The Hall–Kier alpha value is -1.00. The highest BCUT2D eigenvalue weighted by molar-refractivity contribution is 4.98. The third-order valence-electron chi connectivity index (χ3n) is 3.88. The summed E-state index contributed by atoms with van der Waals surface area (Å²) in [5.74, 6) is 0.938. The fraction of sp³-hybridized carbons (Fsp3) is 0.714. The highest BCUT2D eigenvalue weighted by Crippen LogP contribution is 2.30. The molecule has 0 amide bonds. The summed E-state index contributed by atoms with van der Waals surface area (Å²) in [5, 5.41) is 3.59. The molecule has 1 saturated carbocycles. The third-order valence-corrected chi connectivity index (χ3v) is 3.88.